The van der Waals surface area contributed by atoms with Crippen molar-refractivity contribution in [3.63, 3.8) is 0 Å². The number of hydrogen-bond donors (Lipinski definition) is 0. The molecule has 0 spiro atoms. The third-order valence-electron chi connectivity index (χ3n) is 2.61. The van der Waals surface area contributed by atoms with Crippen molar-refractivity contribution in [2.45, 2.75) is 19.8 Å². The van der Waals surface area contributed by atoms with Crippen LogP contribution in [0.1, 0.15) is 29.0 Å². The Hall–Kier alpha value is -2.04. The van der Waals surface area contributed by atoms with Crippen LogP contribution in [0.3, 0.4) is 0 Å². The molecule has 5 heteroatoms. The molecule has 1 amide bonds. The van der Waals surface area contributed by atoms with Crippen molar-refractivity contribution in [1.82, 2.24) is 14.9 Å². The van der Waals surface area contributed by atoms with Gasteiger partial charge in [0.2, 0.25) is 0 Å². The fraction of sp³-hybridized carbons (Fsp3) is 0.385. The molecular weight excluding hydrogens is 230 g/mol. The minimum atomic E-state index is -0.139. The van der Waals surface area contributed by atoms with Crippen LogP contribution in [-0.4, -0.2) is 39.6 Å². The first-order chi connectivity index (χ1) is 8.66. The van der Waals surface area contributed by atoms with Crippen LogP contribution in [0.15, 0.2) is 25.6 Å². The number of Topliss-reactive ketones (excluding diaryl/α,β-unsaturated/α-hetero) is 1. The number of carbonyl (C=O) groups is 2. The van der Waals surface area contributed by atoms with Gasteiger partial charge in [-0.05, 0) is 6.92 Å². The molecule has 0 unspecified atom stereocenters. The summed E-state index contributed by atoms with van der Waals surface area (Å²) in [4.78, 5) is 32.7. The van der Waals surface area contributed by atoms with E-state index in [1.807, 2.05) is 6.92 Å². The normalized spacial score (nSPS) is 14.7. The number of nitrogens with zero attached hydrogens (tertiary/aromatic N) is 3. The molecule has 1 aromatic rings. The molecule has 0 aromatic carbocycles. The largest absolute Gasteiger partial charge is 0.336 e. The Morgan fingerprint density at radius 3 is 2.33 bits per heavy atom. The first kappa shape index (κ1) is 14.0. The van der Waals surface area contributed by atoms with E-state index in [4.69, 9.17) is 0 Å². The summed E-state index contributed by atoms with van der Waals surface area (Å²) in [5.41, 5.74) is 1.13. The Morgan fingerprint density at radius 2 is 1.83 bits per heavy atom. The Balaban J connectivity index is 0.000000771. The Bertz CT molecular complexity index is 418. The van der Waals surface area contributed by atoms with Crippen LogP contribution in [0.4, 0.5) is 0 Å². The molecule has 18 heavy (non-hydrogen) atoms. The van der Waals surface area contributed by atoms with Crippen LogP contribution in [0, 0.1) is 6.92 Å². The van der Waals surface area contributed by atoms with Gasteiger partial charge < -0.3 is 4.90 Å². The zero-order valence-corrected chi connectivity index (χ0v) is 10.6. The molecule has 0 N–H and O–H groups in total. The molecule has 1 fully saturated rings. The lowest BCUT2D eigenvalue weighted by molar-refractivity contribution is -0.120. The first-order valence-electron chi connectivity index (χ1n) is 5.76. The molecule has 0 atom stereocenters. The van der Waals surface area contributed by atoms with Crippen molar-refractivity contribution < 1.29 is 9.59 Å². The van der Waals surface area contributed by atoms with Gasteiger partial charge in [0.05, 0.1) is 11.9 Å². The van der Waals surface area contributed by atoms with Gasteiger partial charge in [0.1, 0.15) is 11.5 Å². The highest BCUT2D eigenvalue weighted by atomic mass is 16.2. The lowest BCUT2D eigenvalue weighted by Gasteiger charge is -2.25. The fourth-order valence-electron chi connectivity index (χ4n) is 1.62. The Morgan fingerprint density at radius 1 is 1.22 bits per heavy atom. The lowest BCUT2D eigenvalue weighted by Crippen LogP contribution is -2.39. The quantitative estimate of drug-likeness (QED) is 0.703. The topological polar surface area (TPSA) is 63.2 Å². The zero-order chi connectivity index (χ0) is 13.5. The van der Waals surface area contributed by atoms with Crippen LogP contribution >= 0.6 is 0 Å². The van der Waals surface area contributed by atoms with E-state index in [0.717, 1.165) is 5.69 Å². The van der Waals surface area contributed by atoms with E-state index in [-0.39, 0.29) is 11.7 Å². The SMILES string of the molecule is C=C.Cc1cnc(C(=O)N2CCC(=O)CC2)cn1. The monoisotopic (exact) mass is 247 g/mol. The van der Waals surface area contributed by atoms with Gasteiger partial charge >= 0.3 is 0 Å². The molecule has 5 nitrogen and oxygen atoms in total. The van der Waals surface area contributed by atoms with Crippen LogP contribution < -0.4 is 0 Å². The third-order valence-corrected chi connectivity index (χ3v) is 2.61. The molecule has 0 bridgehead atoms. The van der Waals surface area contributed by atoms with Crippen molar-refractivity contribution in [3.8, 4) is 0 Å². The van der Waals surface area contributed by atoms with E-state index >= 15 is 0 Å². The summed E-state index contributed by atoms with van der Waals surface area (Å²) in [5.74, 6) is 0.0824. The lowest BCUT2D eigenvalue weighted by atomic mass is 10.1. The van der Waals surface area contributed by atoms with Crippen molar-refractivity contribution in [2.75, 3.05) is 13.1 Å². The summed E-state index contributed by atoms with van der Waals surface area (Å²) in [7, 11) is 0. The van der Waals surface area contributed by atoms with Gasteiger partial charge in [-0.15, -0.1) is 13.2 Å². The van der Waals surface area contributed by atoms with E-state index in [2.05, 4.69) is 23.1 Å². The summed E-state index contributed by atoms with van der Waals surface area (Å²) in [5, 5.41) is 0. The minimum Gasteiger partial charge on any atom is -0.336 e. The van der Waals surface area contributed by atoms with Gasteiger partial charge in [0, 0.05) is 32.1 Å². The second-order valence-electron chi connectivity index (χ2n) is 3.87. The number of hydrogen-bond acceptors (Lipinski definition) is 4. The number of aromatic nitrogens is 2. The molecule has 0 radical (unpaired) electrons. The second kappa shape index (κ2) is 6.64. The Labute approximate surface area is 107 Å². The Kier molecular flexibility index (Phi) is 5.17. The van der Waals surface area contributed by atoms with Crippen molar-refractivity contribution in [2.24, 2.45) is 0 Å². The summed E-state index contributed by atoms with van der Waals surface area (Å²) in [6, 6.07) is 0. The molecule has 1 aliphatic rings. The van der Waals surface area contributed by atoms with E-state index < -0.39 is 0 Å². The highest BCUT2D eigenvalue weighted by Crippen LogP contribution is 2.09. The number of ketones is 1. The highest BCUT2D eigenvalue weighted by Gasteiger charge is 2.22. The van der Waals surface area contributed by atoms with E-state index in [9.17, 15) is 9.59 Å². The van der Waals surface area contributed by atoms with Gasteiger partial charge in [0.25, 0.3) is 5.91 Å². The first-order valence-corrected chi connectivity index (χ1v) is 5.76. The number of likely N-dealkylation sites (tertiary alicyclic amines) is 1. The van der Waals surface area contributed by atoms with E-state index in [1.165, 1.54) is 6.20 Å². The van der Waals surface area contributed by atoms with E-state index in [0.29, 0.717) is 31.6 Å². The van der Waals surface area contributed by atoms with Gasteiger partial charge in [-0.2, -0.15) is 0 Å². The maximum atomic E-state index is 11.9. The average Bonchev–Trinajstić information content (AvgIpc) is 2.42. The van der Waals surface area contributed by atoms with Crippen molar-refractivity contribution in [1.29, 1.82) is 0 Å². The highest BCUT2D eigenvalue weighted by molar-refractivity contribution is 5.93. The molecule has 0 aliphatic carbocycles. The molecular formula is C13H17N3O2. The fourth-order valence-corrected chi connectivity index (χ4v) is 1.62. The van der Waals surface area contributed by atoms with Gasteiger partial charge in [-0.1, -0.05) is 0 Å². The number of aryl methyl sites for hydroxylation is 1. The third kappa shape index (κ3) is 3.48. The van der Waals surface area contributed by atoms with Gasteiger partial charge in [-0.3, -0.25) is 14.6 Å². The van der Waals surface area contributed by atoms with Crippen LogP contribution in [0.25, 0.3) is 0 Å². The summed E-state index contributed by atoms with van der Waals surface area (Å²) in [6.07, 6.45) is 3.95. The van der Waals surface area contributed by atoms with Gasteiger partial charge in [0.15, 0.2) is 0 Å². The molecule has 1 saturated heterocycles. The number of amides is 1. The minimum absolute atomic E-state index is 0.139. The van der Waals surface area contributed by atoms with Crippen LogP contribution in [0.5, 0.6) is 0 Å². The maximum absolute atomic E-state index is 11.9. The standard InChI is InChI=1S/C11H13N3O2.C2H4/c1-8-6-13-10(7-12-8)11(16)14-4-2-9(15)3-5-14;1-2/h6-7H,2-5H2,1H3;1-2H2. The number of piperidine rings is 1. The molecule has 1 aliphatic heterocycles. The second-order valence-corrected chi connectivity index (χ2v) is 3.87. The smallest absolute Gasteiger partial charge is 0.274 e. The number of rotatable bonds is 1. The number of carbonyl (C=O) groups excluding carboxylic acids is 2. The zero-order valence-electron chi connectivity index (χ0n) is 10.6. The van der Waals surface area contributed by atoms with E-state index in [1.54, 1.807) is 11.1 Å². The predicted molar refractivity (Wildman–Crippen MR) is 68.2 cm³/mol. The average molecular weight is 247 g/mol. The molecule has 96 valence electrons. The molecule has 2 heterocycles. The van der Waals surface area contributed by atoms with Crippen molar-refractivity contribution >= 4 is 11.7 Å². The maximum Gasteiger partial charge on any atom is 0.274 e. The van der Waals surface area contributed by atoms with Gasteiger partial charge in [-0.25, -0.2) is 4.98 Å². The van der Waals surface area contributed by atoms with Crippen LogP contribution in [0.2, 0.25) is 0 Å². The summed E-state index contributed by atoms with van der Waals surface area (Å²) >= 11 is 0. The summed E-state index contributed by atoms with van der Waals surface area (Å²) in [6.45, 7) is 8.81. The molecule has 2 rings (SSSR count). The van der Waals surface area contributed by atoms with Crippen LogP contribution in [-0.2, 0) is 4.79 Å². The molecule has 0 saturated carbocycles. The predicted octanol–water partition coefficient (Wildman–Crippen LogP) is 1.39. The molecule has 1 aromatic heterocycles. The van der Waals surface area contributed by atoms with Crippen molar-refractivity contribution in [3.05, 3.63) is 36.9 Å². The summed E-state index contributed by atoms with van der Waals surface area (Å²) < 4.78 is 0.